The van der Waals surface area contributed by atoms with Gasteiger partial charge in [0.1, 0.15) is 0 Å². The van der Waals surface area contributed by atoms with Gasteiger partial charge in [-0.05, 0) is 24.6 Å². The lowest BCUT2D eigenvalue weighted by Gasteiger charge is -2.04. The van der Waals surface area contributed by atoms with Crippen LogP contribution in [0.5, 0.6) is 11.5 Å². The highest BCUT2D eigenvalue weighted by molar-refractivity contribution is 6.35. The summed E-state index contributed by atoms with van der Waals surface area (Å²) in [5, 5.41) is 0. The van der Waals surface area contributed by atoms with E-state index >= 15 is 0 Å². The van der Waals surface area contributed by atoms with Crippen LogP contribution in [0, 0.1) is 6.92 Å². The Morgan fingerprint density at radius 2 is 2.00 bits per heavy atom. The van der Waals surface area contributed by atoms with Crippen LogP contribution in [-0.2, 0) is 9.59 Å². The molecule has 0 atom stereocenters. The first kappa shape index (κ1) is 8.74. The summed E-state index contributed by atoms with van der Waals surface area (Å²) in [4.78, 5) is 22.0. The number of carbonyl (C=O) groups is 2. The van der Waals surface area contributed by atoms with Crippen LogP contribution in [0.15, 0.2) is 18.2 Å². The summed E-state index contributed by atoms with van der Waals surface area (Å²) >= 11 is 0. The Morgan fingerprint density at radius 1 is 1.21 bits per heavy atom. The van der Waals surface area contributed by atoms with Crippen molar-refractivity contribution in [2.45, 2.75) is 6.92 Å². The molecule has 4 nitrogen and oxygen atoms in total. The zero-order chi connectivity index (χ0) is 10.1. The highest BCUT2D eigenvalue weighted by Gasteiger charge is 2.23. The van der Waals surface area contributed by atoms with E-state index in [1.54, 1.807) is 18.2 Å². The SMILES string of the molecule is Cc1ccc2c(c1)OCC(=O)C(=O)O2. The van der Waals surface area contributed by atoms with E-state index in [1.807, 2.05) is 6.92 Å². The Hall–Kier alpha value is -1.84. The Balaban J connectivity index is 2.42. The number of carbonyl (C=O) groups excluding carboxylic acids is 2. The van der Waals surface area contributed by atoms with Crippen molar-refractivity contribution < 1.29 is 19.1 Å². The minimum absolute atomic E-state index is 0.255. The number of rotatable bonds is 0. The average Bonchev–Trinajstić information content (AvgIpc) is 2.29. The topological polar surface area (TPSA) is 52.6 Å². The summed E-state index contributed by atoms with van der Waals surface area (Å²) in [7, 11) is 0. The smallest absolute Gasteiger partial charge is 0.383 e. The number of esters is 1. The van der Waals surface area contributed by atoms with Crippen molar-refractivity contribution >= 4 is 11.8 Å². The number of ketones is 1. The number of benzene rings is 1. The van der Waals surface area contributed by atoms with E-state index in [-0.39, 0.29) is 6.61 Å². The first-order valence-electron chi connectivity index (χ1n) is 4.15. The Kier molecular flexibility index (Phi) is 1.96. The van der Waals surface area contributed by atoms with Crippen molar-refractivity contribution in [1.82, 2.24) is 0 Å². The number of fused-ring (bicyclic) bond motifs is 1. The van der Waals surface area contributed by atoms with Gasteiger partial charge >= 0.3 is 5.97 Å². The maximum Gasteiger partial charge on any atom is 0.383 e. The number of ether oxygens (including phenoxy) is 2. The second-order valence-electron chi connectivity index (χ2n) is 3.05. The lowest BCUT2D eigenvalue weighted by molar-refractivity contribution is -0.147. The molecule has 2 rings (SSSR count). The molecule has 0 aromatic heterocycles. The van der Waals surface area contributed by atoms with Crippen LogP contribution in [-0.4, -0.2) is 18.4 Å². The third-order valence-electron chi connectivity index (χ3n) is 1.89. The van der Waals surface area contributed by atoms with Gasteiger partial charge in [0, 0.05) is 0 Å². The van der Waals surface area contributed by atoms with Gasteiger partial charge in [0.25, 0.3) is 5.78 Å². The Bertz CT molecular complexity index is 409. The van der Waals surface area contributed by atoms with Crippen LogP contribution in [0.2, 0.25) is 0 Å². The molecule has 0 fully saturated rings. The first-order valence-corrected chi connectivity index (χ1v) is 4.15. The Labute approximate surface area is 80.4 Å². The minimum atomic E-state index is -0.868. The molecule has 0 saturated heterocycles. The molecule has 72 valence electrons. The number of hydrogen-bond acceptors (Lipinski definition) is 4. The van der Waals surface area contributed by atoms with Crippen molar-refractivity contribution in [2.75, 3.05) is 6.61 Å². The van der Waals surface area contributed by atoms with E-state index in [1.165, 1.54) is 0 Å². The zero-order valence-electron chi connectivity index (χ0n) is 7.57. The molecule has 1 aromatic carbocycles. The summed E-state index contributed by atoms with van der Waals surface area (Å²) in [5.74, 6) is -0.804. The second-order valence-corrected chi connectivity index (χ2v) is 3.05. The molecule has 0 saturated carbocycles. The molecule has 14 heavy (non-hydrogen) atoms. The molecule has 1 aliphatic rings. The maximum atomic E-state index is 11.0. The lowest BCUT2D eigenvalue weighted by Crippen LogP contribution is -2.22. The van der Waals surface area contributed by atoms with Crippen LogP contribution < -0.4 is 9.47 Å². The van der Waals surface area contributed by atoms with Crippen molar-refractivity contribution in [3.05, 3.63) is 23.8 Å². The van der Waals surface area contributed by atoms with Crippen molar-refractivity contribution in [3.8, 4) is 11.5 Å². The normalized spacial score (nSPS) is 15.2. The molecule has 4 heteroatoms. The monoisotopic (exact) mass is 192 g/mol. The summed E-state index contributed by atoms with van der Waals surface area (Å²) in [5.41, 5.74) is 0.981. The molecule has 0 aliphatic carbocycles. The molecule has 0 radical (unpaired) electrons. The van der Waals surface area contributed by atoms with Gasteiger partial charge in [-0.15, -0.1) is 0 Å². The van der Waals surface area contributed by atoms with Crippen LogP contribution in [0.3, 0.4) is 0 Å². The molecule has 1 aliphatic heterocycles. The predicted molar refractivity (Wildman–Crippen MR) is 47.3 cm³/mol. The van der Waals surface area contributed by atoms with Crippen LogP contribution >= 0.6 is 0 Å². The predicted octanol–water partition coefficient (Wildman–Crippen LogP) is 0.862. The molecule has 0 bridgehead atoms. The Morgan fingerprint density at radius 3 is 2.79 bits per heavy atom. The summed E-state index contributed by atoms with van der Waals surface area (Å²) in [6, 6.07) is 5.12. The maximum absolute atomic E-state index is 11.0. The van der Waals surface area contributed by atoms with Gasteiger partial charge < -0.3 is 9.47 Å². The molecule has 0 amide bonds. The number of hydrogen-bond donors (Lipinski definition) is 0. The van der Waals surface area contributed by atoms with Gasteiger partial charge in [0.2, 0.25) is 0 Å². The molecule has 1 heterocycles. The van der Waals surface area contributed by atoms with E-state index < -0.39 is 11.8 Å². The van der Waals surface area contributed by atoms with Crippen LogP contribution in [0.4, 0.5) is 0 Å². The van der Waals surface area contributed by atoms with Gasteiger partial charge in [-0.3, -0.25) is 4.79 Å². The van der Waals surface area contributed by atoms with E-state index in [9.17, 15) is 9.59 Å². The zero-order valence-corrected chi connectivity index (χ0v) is 7.57. The van der Waals surface area contributed by atoms with Crippen molar-refractivity contribution in [3.63, 3.8) is 0 Å². The van der Waals surface area contributed by atoms with Crippen molar-refractivity contribution in [2.24, 2.45) is 0 Å². The summed E-state index contributed by atoms with van der Waals surface area (Å²) < 4.78 is 9.93. The molecule has 0 N–H and O–H groups in total. The van der Waals surface area contributed by atoms with Gasteiger partial charge in [-0.2, -0.15) is 0 Å². The average molecular weight is 192 g/mol. The quantitative estimate of drug-likeness (QED) is 0.347. The minimum Gasteiger partial charge on any atom is -0.481 e. The second kappa shape index (κ2) is 3.14. The fourth-order valence-corrected chi connectivity index (χ4v) is 1.17. The third kappa shape index (κ3) is 1.46. The highest BCUT2D eigenvalue weighted by Crippen LogP contribution is 2.29. The molecular weight excluding hydrogens is 184 g/mol. The number of Topliss-reactive ketones (excluding diaryl/α,β-unsaturated/α-hetero) is 1. The largest absolute Gasteiger partial charge is 0.481 e. The molecule has 1 aromatic rings. The van der Waals surface area contributed by atoms with Gasteiger partial charge in [-0.25, -0.2) is 4.79 Å². The van der Waals surface area contributed by atoms with E-state index in [2.05, 4.69) is 0 Å². The standard InChI is InChI=1S/C10H8O4/c1-6-2-3-8-9(4-6)13-5-7(11)10(12)14-8/h2-4H,5H2,1H3. The first-order chi connectivity index (χ1) is 6.66. The van der Waals surface area contributed by atoms with E-state index in [0.29, 0.717) is 11.5 Å². The van der Waals surface area contributed by atoms with Crippen molar-refractivity contribution in [1.29, 1.82) is 0 Å². The van der Waals surface area contributed by atoms with Gasteiger partial charge in [0.05, 0.1) is 0 Å². The molecule has 0 unspecified atom stereocenters. The van der Waals surface area contributed by atoms with Crippen LogP contribution in [0.25, 0.3) is 0 Å². The van der Waals surface area contributed by atoms with Gasteiger partial charge in [0.15, 0.2) is 18.1 Å². The fraction of sp³-hybridized carbons (Fsp3) is 0.200. The lowest BCUT2D eigenvalue weighted by atomic mass is 10.2. The molecule has 0 spiro atoms. The number of aryl methyl sites for hydroxylation is 1. The summed E-state index contributed by atoms with van der Waals surface area (Å²) in [6.45, 7) is 1.63. The van der Waals surface area contributed by atoms with Crippen LogP contribution in [0.1, 0.15) is 5.56 Å². The fourth-order valence-electron chi connectivity index (χ4n) is 1.17. The summed E-state index contributed by atoms with van der Waals surface area (Å²) in [6.07, 6.45) is 0. The molecular formula is C10H8O4. The third-order valence-corrected chi connectivity index (χ3v) is 1.89. The van der Waals surface area contributed by atoms with Gasteiger partial charge in [-0.1, -0.05) is 6.07 Å². The highest BCUT2D eigenvalue weighted by atomic mass is 16.6. The van der Waals surface area contributed by atoms with E-state index in [4.69, 9.17) is 9.47 Å². The van der Waals surface area contributed by atoms with E-state index in [0.717, 1.165) is 5.56 Å².